The SMILES string of the molecule is CC(C)(C)NCc1cnc(Cc2ccccn2)s1. The van der Waals surface area contributed by atoms with E-state index in [4.69, 9.17) is 0 Å². The molecule has 0 radical (unpaired) electrons. The zero-order valence-electron chi connectivity index (χ0n) is 11.1. The molecule has 0 saturated heterocycles. The molecule has 0 spiro atoms. The summed E-state index contributed by atoms with van der Waals surface area (Å²) >= 11 is 1.75. The molecule has 0 saturated carbocycles. The first-order chi connectivity index (χ1) is 8.53. The van der Waals surface area contributed by atoms with Gasteiger partial charge in [-0.2, -0.15) is 0 Å². The summed E-state index contributed by atoms with van der Waals surface area (Å²) < 4.78 is 0. The Balaban J connectivity index is 1.94. The van der Waals surface area contributed by atoms with Gasteiger partial charge in [0.25, 0.3) is 0 Å². The Morgan fingerprint density at radius 1 is 1.22 bits per heavy atom. The number of hydrogen-bond acceptors (Lipinski definition) is 4. The first-order valence-electron chi connectivity index (χ1n) is 6.11. The van der Waals surface area contributed by atoms with E-state index in [-0.39, 0.29) is 5.54 Å². The van der Waals surface area contributed by atoms with Crippen LogP contribution in [0.15, 0.2) is 30.6 Å². The lowest BCUT2D eigenvalue weighted by Gasteiger charge is -2.19. The Hall–Kier alpha value is -1.26. The minimum Gasteiger partial charge on any atom is -0.307 e. The monoisotopic (exact) mass is 261 g/mol. The lowest BCUT2D eigenvalue weighted by Crippen LogP contribution is -2.34. The van der Waals surface area contributed by atoms with Crippen molar-refractivity contribution in [3.05, 3.63) is 46.2 Å². The van der Waals surface area contributed by atoms with Gasteiger partial charge >= 0.3 is 0 Å². The lowest BCUT2D eigenvalue weighted by atomic mass is 10.1. The number of rotatable bonds is 4. The highest BCUT2D eigenvalue weighted by Gasteiger charge is 2.10. The highest BCUT2D eigenvalue weighted by atomic mass is 32.1. The molecule has 96 valence electrons. The van der Waals surface area contributed by atoms with Crippen molar-refractivity contribution in [1.82, 2.24) is 15.3 Å². The van der Waals surface area contributed by atoms with E-state index < -0.39 is 0 Å². The van der Waals surface area contributed by atoms with E-state index in [1.165, 1.54) is 4.88 Å². The number of pyridine rings is 1. The van der Waals surface area contributed by atoms with Crippen LogP contribution in [0.1, 0.15) is 36.3 Å². The van der Waals surface area contributed by atoms with Gasteiger partial charge in [0.2, 0.25) is 0 Å². The second-order valence-electron chi connectivity index (χ2n) is 5.32. The molecule has 0 atom stereocenters. The van der Waals surface area contributed by atoms with E-state index in [9.17, 15) is 0 Å². The molecular formula is C14H19N3S. The summed E-state index contributed by atoms with van der Waals surface area (Å²) in [6.45, 7) is 7.39. The Bertz CT molecular complexity index is 485. The molecule has 0 unspecified atom stereocenters. The molecule has 1 N–H and O–H groups in total. The quantitative estimate of drug-likeness (QED) is 0.919. The predicted molar refractivity (Wildman–Crippen MR) is 75.7 cm³/mol. The Morgan fingerprint density at radius 2 is 2.06 bits per heavy atom. The second-order valence-corrected chi connectivity index (χ2v) is 6.52. The third-order valence-electron chi connectivity index (χ3n) is 2.45. The van der Waals surface area contributed by atoms with Gasteiger partial charge in [0, 0.05) is 41.5 Å². The van der Waals surface area contributed by atoms with Crippen LogP contribution in [0.4, 0.5) is 0 Å². The number of aromatic nitrogens is 2. The fraction of sp³-hybridized carbons (Fsp3) is 0.429. The maximum atomic E-state index is 4.45. The average molecular weight is 261 g/mol. The van der Waals surface area contributed by atoms with E-state index in [1.807, 2.05) is 30.6 Å². The molecule has 3 nitrogen and oxygen atoms in total. The molecule has 0 amide bonds. The summed E-state index contributed by atoms with van der Waals surface area (Å²) in [5.74, 6) is 0. The predicted octanol–water partition coefficient (Wildman–Crippen LogP) is 3.02. The fourth-order valence-corrected chi connectivity index (χ4v) is 2.40. The van der Waals surface area contributed by atoms with Crippen molar-refractivity contribution in [3.63, 3.8) is 0 Å². The van der Waals surface area contributed by atoms with Crippen molar-refractivity contribution in [3.8, 4) is 0 Å². The first-order valence-corrected chi connectivity index (χ1v) is 6.93. The highest BCUT2D eigenvalue weighted by molar-refractivity contribution is 7.11. The third-order valence-corrected chi connectivity index (χ3v) is 3.45. The van der Waals surface area contributed by atoms with E-state index in [0.717, 1.165) is 23.7 Å². The minimum atomic E-state index is 0.144. The number of nitrogens with one attached hydrogen (secondary N) is 1. The van der Waals surface area contributed by atoms with Crippen molar-refractivity contribution in [2.75, 3.05) is 0 Å². The normalized spacial score (nSPS) is 11.7. The number of thiazole rings is 1. The number of hydrogen-bond donors (Lipinski definition) is 1. The average Bonchev–Trinajstić information content (AvgIpc) is 2.75. The van der Waals surface area contributed by atoms with Gasteiger partial charge < -0.3 is 5.32 Å². The standard InChI is InChI=1S/C14H19N3S/c1-14(2,3)17-10-12-9-16-13(18-12)8-11-6-4-5-7-15-11/h4-7,9,17H,8,10H2,1-3H3. The molecule has 18 heavy (non-hydrogen) atoms. The molecule has 2 aromatic heterocycles. The zero-order valence-corrected chi connectivity index (χ0v) is 11.9. The number of nitrogens with zero attached hydrogens (tertiary/aromatic N) is 2. The van der Waals surface area contributed by atoms with Gasteiger partial charge in [-0.05, 0) is 32.9 Å². The summed E-state index contributed by atoms with van der Waals surface area (Å²) in [5.41, 5.74) is 1.22. The summed E-state index contributed by atoms with van der Waals surface area (Å²) in [6.07, 6.45) is 4.60. The maximum Gasteiger partial charge on any atom is 0.0987 e. The summed E-state index contributed by atoms with van der Waals surface area (Å²) in [4.78, 5) is 10.0. The van der Waals surface area contributed by atoms with Crippen LogP contribution in [0.5, 0.6) is 0 Å². The molecule has 2 rings (SSSR count). The van der Waals surface area contributed by atoms with Gasteiger partial charge in [0.1, 0.15) is 0 Å². The van der Waals surface area contributed by atoms with Crippen LogP contribution in [0.25, 0.3) is 0 Å². The smallest absolute Gasteiger partial charge is 0.0987 e. The summed E-state index contributed by atoms with van der Waals surface area (Å²) in [7, 11) is 0. The van der Waals surface area contributed by atoms with Crippen LogP contribution in [0.3, 0.4) is 0 Å². The van der Waals surface area contributed by atoms with Crippen molar-refractivity contribution in [1.29, 1.82) is 0 Å². The topological polar surface area (TPSA) is 37.8 Å². The second kappa shape index (κ2) is 5.59. The molecule has 0 aliphatic rings. The molecule has 0 bridgehead atoms. The van der Waals surface area contributed by atoms with E-state index in [1.54, 1.807) is 11.3 Å². The minimum absolute atomic E-state index is 0.144. The van der Waals surface area contributed by atoms with Crippen LogP contribution in [0, 0.1) is 0 Å². The molecule has 4 heteroatoms. The third kappa shape index (κ3) is 4.20. The Kier molecular flexibility index (Phi) is 4.09. The van der Waals surface area contributed by atoms with Crippen molar-refractivity contribution < 1.29 is 0 Å². The van der Waals surface area contributed by atoms with Gasteiger partial charge in [-0.15, -0.1) is 11.3 Å². The highest BCUT2D eigenvalue weighted by Crippen LogP contribution is 2.16. The van der Waals surface area contributed by atoms with Gasteiger partial charge in [-0.25, -0.2) is 4.98 Å². The molecular weight excluding hydrogens is 242 g/mol. The van der Waals surface area contributed by atoms with Crippen LogP contribution in [0.2, 0.25) is 0 Å². The van der Waals surface area contributed by atoms with Crippen LogP contribution in [-0.2, 0) is 13.0 Å². The first kappa shape index (κ1) is 13.2. The summed E-state index contributed by atoms with van der Waals surface area (Å²) in [6, 6.07) is 5.98. The van der Waals surface area contributed by atoms with Crippen LogP contribution < -0.4 is 5.32 Å². The van der Waals surface area contributed by atoms with Gasteiger partial charge in [-0.3, -0.25) is 4.98 Å². The van der Waals surface area contributed by atoms with Crippen molar-refractivity contribution >= 4 is 11.3 Å². The molecule has 2 aromatic rings. The molecule has 0 aliphatic heterocycles. The molecule has 0 aromatic carbocycles. The summed E-state index contributed by atoms with van der Waals surface area (Å²) in [5, 5.41) is 4.59. The van der Waals surface area contributed by atoms with Crippen LogP contribution >= 0.6 is 11.3 Å². The molecule has 0 fully saturated rings. The van der Waals surface area contributed by atoms with E-state index in [2.05, 4.69) is 36.1 Å². The largest absolute Gasteiger partial charge is 0.307 e. The fourth-order valence-electron chi connectivity index (χ4n) is 1.52. The molecule has 2 heterocycles. The lowest BCUT2D eigenvalue weighted by molar-refractivity contribution is 0.426. The van der Waals surface area contributed by atoms with Crippen molar-refractivity contribution in [2.24, 2.45) is 0 Å². The Labute approximate surface area is 112 Å². The van der Waals surface area contributed by atoms with Crippen LogP contribution in [-0.4, -0.2) is 15.5 Å². The Morgan fingerprint density at radius 3 is 2.72 bits per heavy atom. The maximum absolute atomic E-state index is 4.45. The van der Waals surface area contributed by atoms with E-state index in [0.29, 0.717) is 0 Å². The zero-order chi connectivity index (χ0) is 13.0. The van der Waals surface area contributed by atoms with Crippen molar-refractivity contribution in [2.45, 2.75) is 39.3 Å². The van der Waals surface area contributed by atoms with E-state index >= 15 is 0 Å². The van der Waals surface area contributed by atoms with Gasteiger partial charge in [0.15, 0.2) is 0 Å². The van der Waals surface area contributed by atoms with Gasteiger partial charge in [0.05, 0.1) is 5.01 Å². The molecule has 0 aliphatic carbocycles. The van der Waals surface area contributed by atoms with Gasteiger partial charge in [-0.1, -0.05) is 6.07 Å².